The van der Waals surface area contributed by atoms with Gasteiger partial charge in [0.05, 0.1) is 6.26 Å². The van der Waals surface area contributed by atoms with Gasteiger partial charge in [-0.2, -0.15) is 0 Å². The van der Waals surface area contributed by atoms with Gasteiger partial charge in [0.25, 0.3) is 0 Å². The summed E-state index contributed by atoms with van der Waals surface area (Å²) < 4.78 is 11.0. The molecule has 1 aliphatic rings. The van der Waals surface area contributed by atoms with Crippen LogP contribution in [0.2, 0.25) is 0 Å². The van der Waals surface area contributed by atoms with Crippen molar-refractivity contribution < 1.29 is 13.9 Å². The fourth-order valence-corrected chi connectivity index (χ4v) is 1.91. The average Bonchev–Trinajstić information content (AvgIpc) is 2.84. The molecule has 1 saturated heterocycles. The lowest BCUT2D eigenvalue weighted by atomic mass is 10.2. The van der Waals surface area contributed by atoms with Crippen molar-refractivity contribution in [1.82, 2.24) is 5.32 Å². The van der Waals surface area contributed by atoms with Crippen LogP contribution < -0.4 is 5.32 Å². The Labute approximate surface area is 96.1 Å². The predicted octanol–water partition coefficient (Wildman–Crippen LogP) is 1.84. The summed E-state index contributed by atoms with van der Waals surface area (Å²) in [5, 5.41) is 2.81. The lowest BCUT2D eigenvalue weighted by Crippen LogP contribution is -2.33. The van der Waals surface area contributed by atoms with Gasteiger partial charge in [-0.25, -0.2) is 0 Å². The second kappa shape index (κ2) is 4.81. The number of ether oxygens (including phenoxy) is 1. The minimum atomic E-state index is -0.264. The van der Waals surface area contributed by atoms with E-state index in [4.69, 9.17) is 9.15 Å². The number of halogens is 1. The van der Waals surface area contributed by atoms with Crippen LogP contribution >= 0.6 is 15.9 Å². The largest absolute Gasteiger partial charge is 0.457 e. The maximum absolute atomic E-state index is 11.5. The first-order valence-corrected chi connectivity index (χ1v) is 5.67. The third kappa shape index (κ3) is 2.82. The SMILES string of the molecule is O=C(NCc1coc(Br)c1)C1CCCO1. The molecule has 0 saturated carbocycles. The molecule has 0 spiro atoms. The number of furan rings is 1. The highest BCUT2D eigenvalue weighted by Gasteiger charge is 2.23. The number of amides is 1. The fraction of sp³-hybridized carbons (Fsp3) is 0.500. The number of hydrogen-bond acceptors (Lipinski definition) is 3. The number of carbonyl (C=O) groups is 1. The molecule has 1 amide bonds. The molecule has 1 aromatic rings. The normalized spacial score (nSPS) is 20.5. The van der Waals surface area contributed by atoms with Gasteiger partial charge in [0.2, 0.25) is 5.91 Å². The van der Waals surface area contributed by atoms with Crippen molar-refractivity contribution >= 4 is 21.8 Å². The second-order valence-electron chi connectivity index (χ2n) is 3.48. The summed E-state index contributed by atoms with van der Waals surface area (Å²) in [4.78, 5) is 11.5. The number of carbonyl (C=O) groups excluding carboxylic acids is 1. The highest BCUT2D eigenvalue weighted by molar-refractivity contribution is 9.10. The molecular weight excluding hydrogens is 262 g/mol. The van der Waals surface area contributed by atoms with Crippen molar-refractivity contribution in [3.8, 4) is 0 Å². The Balaban J connectivity index is 1.80. The molecule has 1 unspecified atom stereocenters. The van der Waals surface area contributed by atoms with Gasteiger partial charge in [0, 0.05) is 18.7 Å². The Hall–Kier alpha value is -0.810. The lowest BCUT2D eigenvalue weighted by Gasteiger charge is -2.08. The van der Waals surface area contributed by atoms with E-state index >= 15 is 0 Å². The van der Waals surface area contributed by atoms with Crippen molar-refractivity contribution in [2.24, 2.45) is 0 Å². The minimum absolute atomic E-state index is 0.0372. The average molecular weight is 274 g/mol. The van der Waals surface area contributed by atoms with Crippen LogP contribution in [-0.4, -0.2) is 18.6 Å². The summed E-state index contributed by atoms with van der Waals surface area (Å²) in [5.74, 6) is -0.0372. The summed E-state index contributed by atoms with van der Waals surface area (Å²) >= 11 is 3.20. The fourth-order valence-electron chi connectivity index (χ4n) is 1.53. The minimum Gasteiger partial charge on any atom is -0.457 e. The van der Waals surface area contributed by atoms with E-state index in [0.29, 0.717) is 17.8 Å². The van der Waals surface area contributed by atoms with Crippen molar-refractivity contribution in [3.63, 3.8) is 0 Å². The quantitative estimate of drug-likeness (QED) is 0.915. The molecule has 0 aliphatic carbocycles. The topological polar surface area (TPSA) is 51.5 Å². The van der Waals surface area contributed by atoms with E-state index in [1.807, 2.05) is 6.07 Å². The Morgan fingerprint density at radius 2 is 2.53 bits per heavy atom. The van der Waals surface area contributed by atoms with Crippen LogP contribution in [0.3, 0.4) is 0 Å². The Morgan fingerprint density at radius 3 is 3.13 bits per heavy atom. The molecule has 0 aromatic carbocycles. The van der Waals surface area contributed by atoms with E-state index in [1.165, 1.54) is 0 Å². The lowest BCUT2D eigenvalue weighted by molar-refractivity contribution is -0.130. The molecule has 1 N–H and O–H groups in total. The van der Waals surface area contributed by atoms with E-state index in [-0.39, 0.29) is 12.0 Å². The van der Waals surface area contributed by atoms with Gasteiger partial charge in [-0.3, -0.25) is 4.79 Å². The van der Waals surface area contributed by atoms with Crippen LogP contribution in [0.15, 0.2) is 21.4 Å². The predicted molar refractivity (Wildman–Crippen MR) is 57.2 cm³/mol. The Morgan fingerprint density at radius 1 is 1.67 bits per heavy atom. The van der Waals surface area contributed by atoms with E-state index in [2.05, 4.69) is 21.2 Å². The molecule has 15 heavy (non-hydrogen) atoms. The maximum Gasteiger partial charge on any atom is 0.249 e. The molecule has 1 aromatic heterocycles. The van der Waals surface area contributed by atoms with Crippen molar-refractivity contribution in [3.05, 3.63) is 22.6 Å². The van der Waals surface area contributed by atoms with Gasteiger partial charge in [-0.15, -0.1) is 0 Å². The first-order chi connectivity index (χ1) is 7.25. The van der Waals surface area contributed by atoms with Crippen LogP contribution in [0.4, 0.5) is 0 Å². The molecule has 1 fully saturated rings. The van der Waals surface area contributed by atoms with E-state index in [9.17, 15) is 4.79 Å². The van der Waals surface area contributed by atoms with E-state index in [1.54, 1.807) is 6.26 Å². The van der Waals surface area contributed by atoms with Crippen LogP contribution in [0, 0.1) is 0 Å². The van der Waals surface area contributed by atoms with Gasteiger partial charge in [0.1, 0.15) is 6.10 Å². The monoisotopic (exact) mass is 273 g/mol. The smallest absolute Gasteiger partial charge is 0.249 e. The molecule has 0 bridgehead atoms. The molecule has 1 aliphatic heterocycles. The van der Waals surface area contributed by atoms with Gasteiger partial charge >= 0.3 is 0 Å². The highest BCUT2D eigenvalue weighted by atomic mass is 79.9. The molecule has 2 heterocycles. The number of hydrogen-bond donors (Lipinski definition) is 1. The van der Waals surface area contributed by atoms with Gasteiger partial charge in [-0.05, 0) is 34.8 Å². The molecule has 4 nitrogen and oxygen atoms in total. The molecule has 0 radical (unpaired) electrons. The number of rotatable bonds is 3. The van der Waals surface area contributed by atoms with Crippen molar-refractivity contribution in [2.45, 2.75) is 25.5 Å². The summed E-state index contributed by atoms with van der Waals surface area (Å²) in [7, 11) is 0. The molecule has 5 heteroatoms. The molecule has 2 rings (SSSR count). The van der Waals surface area contributed by atoms with Gasteiger partial charge in [0.15, 0.2) is 4.67 Å². The molecular formula is C10H12BrNO3. The van der Waals surface area contributed by atoms with Crippen LogP contribution in [0.25, 0.3) is 0 Å². The third-order valence-electron chi connectivity index (χ3n) is 2.31. The first-order valence-electron chi connectivity index (χ1n) is 4.88. The highest BCUT2D eigenvalue weighted by Crippen LogP contribution is 2.15. The third-order valence-corrected chi connectivity index (χ3v) is 2.73. The van der Waals surface area contributed by atoms with E-state index < -0.39 is 0 Å². The summed E-state index contributed by atoms with van der Waals surface area (Å²) in [6, 6.07) is 1.83. The molecule has 82 valence electrons. The first kappa shape index (κ1) is 10.7. The van der Waals surface area contributed by atoms with Crippen LogP contribution in [0.5, 0.6) is 0 Å². The zero-order valence-electron chi connectivity index (χ0n) is 8.16. The standard InChI is InChI=1S/C10H12BrNO3/c11-9-4-7(6-15-9)5-12-10(13)8-2-1-3-14-8/h4,6,8H,1-3,5H2,(H,12,13). The van der Waals surface area contributed by atoms with Gasteiger partial charge in [-0.1, -0.05) is 0 Å². The summed E-state index contributed by atoms with van der Waals surface area (Å²) in [6.07, 6.45) is 3.14. The summed E-state index contributed by atoms with van der Waals surface area (Å²) in [5.41, 5.74) is 0.938. The zero-order valence-corrected chi connectivity index (χ0v) is 9.75. The van der Waals surface area contributed by atoms with Gasteiger partial charge < -0.3 is 14.5 Å². The van der Waals surface area contributed by atoms with Crippen LogP contribution in [0.1, 0.15) is 18.4 Å². The molecule has 1 atom stereocenters. The Bertz CT molecular complexity index is 344. The van der Waals surface area contributed by atoms with E-state index in [0.717, 1.165) is 18.4 Å². The second-order valence-corrected chi connectivity index (χ2v) is 4.26. The maximum atomic E-state index is 11.5. The number of nitrogens with one attached hydrogen (secondary N) is 1. The van der Waals surface area contributed by atoms with Crippen molar-refractivity contribution in [2.75, 3.05) is 6.61 Å². The zero-order chi connectivity index (χ0) is 10.7. The van der Waals surface area contributed by atoms with Crippen molar-refractivity contribution in [1.29, 1.82) is 0 Å². The summed E-state index contributed by atoms with van der Waals surface area (Å²) in [6.45, 7) is 1.17. The Kier molecular flexibility index (Phi) is 3.43. The van der Waals surface area contributed by atoms with Crippen LogP contribution in [-0.2, 0) is 16.1 Å².